The second-order valence-corrected chi connectivity index (χ2v) is 4.92. The van der Waals surface area contributed by atoms with Crippen molar-refractivity contribution in [2.75, 3.05) is 7.11 Å². The van der Waals surface area contributed by atoms with Crippen LogP contribution in [-0.2, 0) is 10.0 Å². The van der Waals surface area contributed by atoms with Gasteiger partial charge in [-0.1, -0.05) is 0 Å². The number of guanidine groups is 2. The SMILES string of the molecule is COc1ccc(N=C(N)N=C(N)N)cc1S(N)(=O)=O. The number of aliphatic imine (C=N–C) groups is 2. The molecule has 104 valence electrons. The molecule has 0 bridgehead atoms. The molecule has 0 spiro atoms. The molecule has 0 saturated heterocycles. The van der Waals surface area contributed by atoms with Crippen molar-refractivity contribution in [3.05, 3.63) is 18.2 Å². The maximum absolute atomic E-state index is 11.4. The maximum Gasteiger partial charge on any atom is 0.241 e. The van der Waals surface area contributed by atoms with Crippen molar-refractivity contribution in [2.24, 2.45) is 32.3 Å². The van der Waals surface area contributed by atoms with Gasteiger partial charge in [0.2, 0.25) is 16.0 Å². The molecule has 0 amide bonds. The summed E-state index contributed by atoms with van der Waals surface area (Å²) < 4.78 is 27.6. The van der Waals surface area contributed by atoms with E-state index in [1.807, 2.05) is 0 Å². The summed E-state index contributed by atoms with van der Waals surface area (Å²) in [5, 5.41) is 5.06. The lowest BCUT2D eigenvalue weighted by molar-refractivity contribution is 0.403. The number of rotatable bonds is 3. The Bertz CT molecular complexity index is 633. The van der Waals surface area contributed by atoms with E-state index in [0.29, 0.717) is 0 Å². The fourth-order valence-corrected chi connectivity index (χ4v) is 1.96. The van der Waals surface area contributed by atoms with E-state index in [9.17, 15) is 8.42 Å². The Balaban J connectivity index is 3.31. The van der Waals surface area contributed by atoms with Crippen molar-refractivity contribution in [3.8, 4) is 5.75 Å². The Labute approximate surface area is 110 Å². The highest BCUT2D eigenvalue weighted by Crippen LogP contribution is 2.27. The summed E-state index contributed by atoms with van der Waals surface area (Å²) in [5.74, 6) is -0.381. The molecule has 0 atom stereocenters. The number of benzene rings is 1. The van der Waals surface area contributed by atoms with Gasteiger partial charge in [-0.2, -0.15) is 4.99 Å². The lowest BCUT2D eigenvalue weighted by Crippen LogP contribution is -2.26. The van der Waals surface area contributed by atoms with E-state index in [-0.39, 0.29) is 28.3 Å². The molecule has 0 radical (unpaired) electrons. The van der Waals surface area contributed by atoms with E-state index in [1.54, 1.807) is 0 Å². The number of ether oxygens (including phenoxy) is 1. The first-order valence-electron chi connectivity index (χ1n) is 4.88. The van der Waals surface area contributed by atoms with Crippen molar-refractivity contribution in [3.63, 3.8) is 0 Å². The summed E-state index contributed by atoms with van der Waals surface area (Å²) in [6.07, 6.45) is 0. The minimum Gasteiger partial charge on any atom is -0.495 e. The normalized spacial score (nSPS) is 12.0. The Morgan fingerprint density at radius 2 is 1.89 bits per heavy atom. The van der Waals surface area contributed by atoms with Crippen LogP contribution in [0, 0.1) is 0 Å². The molecule has 0 aliphatic heterocycles. The zero-order valence-corrected chi connectivity index (χ0v) is 10.9. The first-order valence-corrected chi connectivity index (χ1v) is 6.43. The fourth-order valence-electron chi connectivity index (χ4n) is 1.25. The van der Waals surface area contributed by atoms with Crippen LogP contribution in [-0.4, -0.2) is 27.4 Å². The summed E-state index contributed by atoms with van der Waals surface area (Å²) >= 11 is 0. The predicted octanol–water partition coefficient (Wildman–Crippen LogP) is -1.44. The van der Waals surface area contributed by atoms with E-state index in [2.05, 4.69) is 9.98 Å². The number of nitrogens with two attached hydrogens (primary N) is 4. The van der Waals surface area contributed by atoms with Crippen LogP contribution in [0.2, 0.25) is 0 Å². The molecular formula is C9H14N6O3S. The van der Waals surface area contributed by atoms with Gasteiger partial charge in [-0.05, 0) is 18.2 Å². The van der Waals surface area contributed by atoms with Gasteiger partial charge >= 0.3 is 0 Å². The van der Waals surface area contributed by atoms with Crippen molar-refractivity contribution >= 4 is 27.6 Å². The minimum atomic E-state index is -3.95. The lowest BCUT2D eigenvalue weighted by atomic mass is 10.3. The highest BCUT2D eigenvalue weighted by Gasteiger charge is 2.15. The Kier molecular flexibility index (Phi) is 4.30. The zero-order valence-electron chi connectivity index (χ0n) is 10.1. The van der Waals surface area contributed by atoms with Gasteiger partial charge in [0, 0.05) is 0 Å². The molecule has 0 fully saturated rings. The second kappa shape index (κ2) is 5.54. The summed E-state index contributed by atoms with van der Waals surface area (Å²) in [5.41, 5.74) is 15.9. The van der Waals surface area contributed by atoms with Gasteiger partial charge in [-0.3, -0.25) is 0 Å². The summed E-state index contributed by atoms with van der Waals surface area (Å²) in [4.78, 5) is 7.10. The third kappa shape index (κ3) is 4.12. The van der Waals surface area contributed by atoms with Crippen molar-refractivity contribution in [1.82, 2.24) is 0 Å². The molecule has 0 saturated carbocycles. The van der Waals surface area contributed by atoms with Crippen LogP contribution >= 0.6 is 0 Å². The molecule has 8 N–H and O–H groups in total. The lowest BCUT2D eigenvalue weighted by Gasteiger charge is -2.07. The van der Waals surface area contributed by atoms with Crippen LogP contribution in [0.4, 0.5) is 5.69 Å². The van der Waals surface area contributed by atoms with Crippen LogP contribution < -0.4 is 27.1 Å². The van der Waals surface area contributed by atoms with Gasteiger partial charge < -0.3 is 21.9 Å². The van der Waals surface area contributed by atoms with Crippen LogP contribution in [0.15, 0.2) is 33.1 Å². The number of nitrogens with zero attached hydrogens (tertiary/aromatic N) is 2. The summed E-state index contributed by atoms with van der Waals surface area (Å²) in [7, 11) is -2.63. The first-order chi connectivity index (χ1) is 8.74. The molecule has 10 heteroatoms. The third-order valence-corrected chi connectivity index (χ3v) is 2.87. The highest BCUT2D eigenvalue weighted by molar-refractivity contribution is 7.89. The fraction of sp³-hybridized carbons (Fsp3) is 0.111. The molecule has 0 aliphatic rings. The smallest absolute Gasteiger partial charge is 0.241 e. The van der Waals surface area contributed by atoms with Crippen LogP contribution in [0.25, 0.3) is 0 Å². The van der Waals surface area contributed by atoms with Gasteiger partial charge in [0.1, 0.15) is 10.6 Å². The predicted molar refractivity (Wildman–Crippen MR) is 71.5 cm³/mol. The van der Waals surface area contributed by atoms with E-state index < -0.39 is 10.0 Å². The average molecular weight is 286 g/mol. The van der Waals surface area contributed by atoms with E-state index in [4.69, 9.17) is 27.1 Å². The molecule has 1 rings (SSSR count). The molecule has 0 unspecified atom stereocenters. The third-order valence-electron chi connectivity index (χ3n) is 1.94. The highest BCUT2D eigenvalue weighted by atomic mass is 32.2. The van der Waals surface area contributed by atoms with Crippen molar-refractivity contribution in [1.29, 1.82) is 0 Å². The summed E-state index contributed by atoms with van der Waals surface area (Å²) in [6.45, 7) is 0. The Morgan fingerprint density at radius 3 is 2.37 bits per heavy atom. The van der Waals surface area contributed by atoms with Crippen LogP contribution in [0.5, 0.6) is 5.75 Å². The number of methoxy groups -OCH3 is 1. The quantitative estimate of drug-likeness (QED) is 0.391. The van der Waals surface area contributed by atoms with Crippen molar-refractivity contribution < 1.29 is 13.2 Å². The maximum atomic E-state index is 11.4. The van der Waals surface area contributed by atoms with Gasteiger partial charge in [-0.25, -0.2) is 18.5 Å². The monoisotopic (exact) mass is 286 g/mol. The van der Waals surface area contributed by atoms with E-state index in [1.165, 1.54) is 25.3 Å². The van der Waals surface area contributed by atoms with Gasteiger partial charge in [-0.15, -0.1) is 0 Å². The molecule has 1 aromatic rings. The minimum absolute atomic E-state index is 0.0989. The van der Waals surface area contributed by atoms with E-state index in [0.717, 1.165) is 0 Å². The molecular weight excluding hydrogens is 272 g/mol. The van der Waals surface area contributed by atoms with Gasteiger partial charge in [0.15, 0.2) is 5.96 Å². The zero-order chi connectivity index (χ0) is 14.6. The van der Waals surface area contributed by atoms with Crippen LogP contribution in [0.3, 0.4) is 0 Å². The molecule has 9 nitrogen and oxygen atoms in total. The van der Waals surface area contributed by atoms with Crippen molar-refractivity contribution in [2.45, 2.75) is 4.90 Å². The second-order valence-electron chi connectivity index (χ2n) is 3.39. The molecule has 0 heterocycles. The number of sulfonamides is 1. The number of primary sulfonamides is 1. The largest absolute Gasteiger partial charge is 0.495 e. The molecule has 0 aromatic heterocycles. The summed E-state index contributed by atoms with van der Waals surface area (Å²) in [6, 6.07) is 4.06. The molecule has 19 heavy (non-hydrogen) atoms. The topological polar surface area (TPSA) is 172 Å². The molecule has 0 aliphatic carbocycles. The first kappa shape index (κ1) is 14.7. The molecule has 1 aromatic carbocycles. The van der Waals surface area contributed by atoms with Gasteiger partial charge in [0.05, 0.1) is 12.8 Å². The Hall–Kier alpha value is -2.33. The van der Waals surface area contributed by atoms with Gasteiger partial charge in [0.25, 0.3) is 0 Å². The number of hydrogen-bond donors (Lipinski definition) is 4. The van der Waals surface area contributed by atoms with Crippen LogP contribution in [0.1, 0.15) is 0 Å². The average Bonchev–Trinajstić information content (AvgIpc) is 2.26. The number of hydrogen-bond acceptors (Lipinski definition) is 4. The standard InChI is InChI=1S/C9H14N6O3S/c1-18-6-3-2-5(4-7(6)19(13,16)17)14-9(12)15-8(10)11/h2-4H,1H3,(H2,13,16,17)(H6,10,11,12,14,15). The Morgan fingerprint density at radius 1 is 1.26 bits per heavy atom. The van der Waals surface area contributed by atoms with E-state index >= 15 is 0 Å².